The summed E-state index contributed by atoms with van der Waals surface area (Å²) in [5, 5.41) is 2.45. The fourth-order valence-electron chi connectivity index (χ4n) is 10.1. The van der Waals surface area contributed by atoms with E-state index in [1.807, 2.05) is 0 Å². The van der Waals surface area contributed by atoms with E-state index in [2.05, 4.69) is 231 Å². The van der Waals surface area contributed by atoms with Crippen LogP contribution in [-0.4, -0.2) is 0 Å². The fraction of sp³-hybridized carbons (Fsp3) is 0.0714. The second-order valence-electron chi connectivity index (χ2n) is 16.1. The van der Waals surface area contributed by atoms with Gasteiger partial charge in [-0.25, -0.2) is 0 Å². The maximum Gasteiger partial charge on any atom is 0.0719 e. The molecule has 0 unspecified atom stereocenters. The molecule has 0 amide bonds. The molecule has 2 aliphatic rings. The van der Waals surface area contributed by atoms with Crippen LogP contribution in [0.4, 0.5) is 17.1 Å². The zero-order chi connectivity index (χ0) is 38.1. The molecule has 0 atom stereocenters. The summed E-state index contributed by atoms with van der Waals surface area (Å²) in [4.78, 5) is 2.36. The highest BCUT2D eigenvalue weighted by atomic mass is 15.1. The van der Waals surface area contributed by atoms with E-state index >= 15 is 0 Å². The molecule has 270 valence electrons. The van der Waals surface area contributed by atoms with Crippen molar-refractivity contribution in [1.29, 1.82) is 0 Å². The minimum Gasteiger partial charge on any atom is -0.310 e. The van der Waals surface area contributed by atoms with Gasteiger partial charge in [0.1, 0.15) is 0 Å². The van der Waals surface area contributed by atoms with E-state index in [0.717, 1.165) is 17.1 Å². The Labute approximate surface area is 335 Å². The highest BCUT2D eigenvalue weighted by molar-refractivity contribution is 5.99. The summed E-state index contributed by atoms with van der Waals surface area (Å²) >= 11 is 0. The topological polar surface area (TPSA) is 3.24 Å². The molecule has 57 heavy (non-hydrogen) atoms. The van der Waals surface area contributed by atoms with Crippen LogP contribution >= 0.6 is 0 Å². The Bertz CT molecular complexity index is 2930. The van der Waals surface area contributed by atoms with Crippen LogP contribution in [0.25, 0.3) is 44.2 Å². The zero-order valence-corrected chi connectivity index (χ0v) is 32.2. The fourth-order valence-corrected chi connectivity index (χ4v) is 10.1. The molecule has 1 spiro atoms. The second-order valence-corrected chi connectivity index (χ2v) is 16.1. The predicted octanol–water partition coefficient (Wildman–Crippen LogP) is 14.6. The minimum absolute atomic E-state index is 0.120. The van der Waals surface area contributed by atoms with Gasteiger partial charge in [0.25, 0.3) is 0 Å². The molecule has 0 saturated heterocycles. The first-order valence-electron chi connectivity index (χ1n) is 20.0. The van der Waals surface area contributed by atoms with E-state index in [4.69, 9.17) is 0 Å². The Balaban J connectivity index is 1.02. The van der Waals surface area contributed by atoms with E-state index in [9.17, 15) is 0 Å². The van der Waals surface area contributed by atoms with E-state index < -0.39 is 5.41 Å². The lowest BCUT2D eigenvalue weighted by Crippen LogP contribution is -2.40. The first-order valence-corrected chi connectivity index (χ1v) is 20.0. The third-order valence-corrected chi connectivity index (χ3v) is 12.7. The molecule has 0 aromatic heterocycles. The van der Waals surface area contributed by atoms with Crippen molar-refractivity contribution >= 4 is 27.8 Å². The molecule has 0 radical (unpaired) electrons. The molecule has 0 heterocycles. The van der Waals surface area contributed by atoms with Gasteiger partial charge in [0, 0.05) is 22.2 Å². The van der Waals surface area contributed by atoms with Crippen molar-refractivity contribution in [3.05, 3.63) is 246 Å². The molecule has 2 aliphatic carbocycles. The van der Waals surface area contributed by atoms with E-state index in [1.54, 1.807) is 0 Å². The van der Waals surface area contributed by atoms with E-state index in [1.165, 1.54) is 77.5 Å². The molecule has 0 N–H and O–H groups in total. The molecule has 1 heteroatoms. The van der Waals surface area contributed by atoms with Gasteiger partial charge in [-0.2, -0.15) is 0 Å². The normalized spacial score (nSPS) is 14.1. The maximum atomic E-state index is 2.49. The SMILES string of the molecule is CC1(C)c2ccccc2C2(c3ccccc3-c3ccc(-c4cccc(-c5ccc(N(c6ccccc6)c6cccc7ccccc67)cc5)c4)cc32)c2ccccc21. The number of para-hydroxylation sites is 1. The van der Waals surface area contributed by atoms with Crippen LogP contribution < -0.4 is 4.90 Å². The highest BCUT2D eigenvalue weighted by Crippen LogP contribution is 2.62. The summed E-state index contributed by atoms with van der Waals surface area (Å²) < 4.78 is 0. The Kier molecular flexibility index (Phi) is 7.50. The molecule has 0 aliphatic heterocycles. The summed E-state index contributed by atoms with van der Waals surface area (Å²) in [5.41, 5.74) is 18.7. The molecule has 9 aromatic carbocycles. The van der Waals surface area contributed by atoms with Gasteiger partial charge in [0.2, 0.25) is 0 Å². The summed E-state index contributed by atoms with van der Waals surface area (Å²) in [7, 11) is 0. The van der Waals surface area contributed by atoms with Gasteiger partial charge in [-0.1, -0.05) is 184 Å². The summed E-state index contributed by atoms with van der Waals surface area (Å²) in [5.74, 6) is 0. The number of fused-ring (bicyclic) bond motifs is 10. The minimum atomic E-state index is -0.410. The number of anilines is 3. The number of hydrogen-bond donors (Lipinski definition) is 0. The molecule has 0 bridgehead atoms. The Morgan fingerprint density at radius 3 is 1.58 bits per heavy atom. The lowest BCUT2D eigenvalue weighted by atomic mass is 9.55. The molecule has 0 saturated carbocycles. The number of benzene rings is 9. The van der Waals surface area contributed by atoms with Gasteiger partial charge in [-0.15, -0.1) is 0 Å². The molecule has 11 rings (SSSR count). The van der Waals surface area contributed by atoms with Crippen molar-refractivity contribution in [2.75, 3.05) is 4.90 Å². The summed E-state index contributed by atoms with van der Waals surface area (Å²) in [6.45, 7) is 4.77. The molecular formula is C56H41N. The summed E-state index contributed by atoms with van der Waals surface area (Å²) in [6.07, 6.45) is 0. The Morgan fingerprint density at radius 2 is 0.842 bits per heavy atom. The van der Waals surface area contributed by atoms with Crippen LogP contribution in [0.15, 0.2) is 212 Å². The van der Waals surface area contributed by atoms with E-state index in [0.29, 0.717) is 0 Å². The Hall–Kier alpha value is -6.96. The standard InChI is InChI=1S/C56H41N/c1-55(2)49-25-10-12-27-51(49)56(52-28-13-11-26-50(52)55)48-24-9-8-23-46(48)47-35-32-42(37-53(47)56)41-19-14-18-40(36-41)38-30-33-44(34-31-38)57(43-20-4-3-5-21-43)54-29-15-17-39-16-6-7-22-45(39)54/h3-37H,1-2H3. The monoisotopic (exact) mass is 727 g/mol. The smallest absolute Gasteiger partial charge is 0.0719 e. The molecule has 1 nitrogen and oxygen atoms in total. The van der Waals surface area contributed by atoms with Crippen LogP contribution in [0.1, 0.15) is 47.2 Å². The summed E-state index contributed by atoms with van der Waals surface area (Å²) in [6, 6.07) is 78.6. The van der Waals surface area contributed by atoms with Crippen molar-refractivity contribution in [2.45, 2.75) is 24.7 Å². The number of nitrogens with zero attached hydrogens (tertiary/aromatic N) is 1. The highest BCUT2D eigenvalue weighted by Gasteiger charge is 2.53. The third-order valence-electron chi connectivity index (χ3n) is 12.7. The largest absolute Gasteiger partial charge is 0.310 e. The van der Waals surface area contributed by atoms with Crippen molar-refractivity contribution in [3.63, 3.8) is 0 Å². The van der Waals surface area contributed by atoms with Crippen LogP contribution in [-0.2, 0) is 10.8 Å². The van der Waals surface area contributed by atoms with Crippen molar-refractivity contribution in [3.8, 4) is 33.4 Å². The van der Waals surface area contributed by atoms with Crippen LogP contribution in [0.5, 0.6) is 0 Å². The zero-order valence-electron chi connectivity index (χ0n) is 32.2. The molecule has 9 aromatic rings. The van der Waals surface area contributed by atoms with Crippen LogP contribution in [0, 0.1) is 0 Å². The maximum absolute atomic E-state index is 2.49. The van der Waals surface area contributed by atoms with Crippen LogP contribution in [0.3, 0.4) is 0 Å². The number of hydrogen-bond acceptors (Lipinski definition) is 1. The van der Waals surface area contributed by atoms with Crippen molar-refractivity contribution in [2.24, 2.45) is 0 Å². The first kappa shape index (κ1) is 33.4. The molecular weight excluding hydrogens is 687 g/mol. The second kappa shape index (κ2) is 12.8. The number of rotatable bonds is 5. The third kappa shape index (κ3) is 4.95. The first-order chi connectivity index (χ1) is 28.0. The quantitative estimate of drug-likeness (QED) is 0.171. The average molecular weight is 728 g/mol. The van der Waals surface area contributed by atoms with Gasteiger partial charge in [0.15, 0.2) is 0 Å². The van der Waals surface area contributed by atoms with Gasteiger partial charge in [-0.05, 0) is 115 Å². The van der Waals surface area contributed by atoms with Gasteiger partial charge in [-0.3, -0.25) is 0 Å². The average Bonchev–Trinajstić information content (AvgIpc) is 3.57. The molecule has 0 fully saturated rings. The predicted molar refractivity (Wildman–Crippen MR) is 239 cm³/mol. The van der Waals surface area contributed by atoms with Crippen molar-refractivity contribution < 1.29 is 0 Å². The van der Waals surface area contributed by atoms with Crippen molar-refractivity contribution in [1.82, 2.24) is 0 Å². The van der Waals surface area contributed by atoms with Crippen LogP contribution in [0.2, 0.25) is 0 Å². The van der Waals surface area contributed by atoms with Gasteiger partial charge < -0.3 is 4.90 Å². The lowest BCUT2D eigenvalue weighted by Gasteiger charge is -2.46. The Morgan fingerprint density at radius 1 is 0.333 bits per heavy atom. The van der Waals surface area contributed by atoms with Gasteiger partial charge >= 0.3 is 0 Å². The lowest BCUT2D eigenvalue weighted by molar-refractivity contribution is 0.563. The van der Waals surface area contributed by atoms with Gasteiger partial charge in [0.05, 0.1) is 11.1 Å². The van der Waals surface area contributed by atoms with E-state index in [-0.39, 0.29) is 5.41 Å².